The quantitative estimate of drug-likeness (QED) is 0.188. The maximum absolute atomic E-state index is 13.1. The Bertz CT molecular complexity index is 1230. The predicted molar refractivity (Wildman–Crippen MR) is 129 cm³/mol. The molecule has 0 radical (unpaired) electrons. The molecule has 3 aliphatic heterocycles. The summed E-state index contributed by atoms with van der Waals surface area (Å²) in [5.74, 6) is -0.683. The number of nitrogens with one attached hydrogen (secondary N) is 1. The number of anilines is 1. The van der Waals surface area contributed by atoms with Crippen LogP contribution >= 0.6 is 34.9 Å². The summed E-state index contributed by atoms with van der Waals surface area (Å²) < 4.78 is 1.82. The van der Waals surface area contributed by atoms with Crippen LogP contribution in [-0.2, 0) is 25.8 Å². The fourth-order valence-corrected chi connectivity index (χ4v) is 6.20. The van der Waals surface area contributed by atoms with Crippen LogP contribution in [0.25, 0.3) is 0 Å². The van der Waals surface area contributed by atoms with Crippen LogP contribution in [0, 0.1) is 0 Å². The molecule has 14 heteroatoms. The van der Waals surface area contributed by atoms with Crippen LogP contribution in [0.3, 0.4) is 0 Å². The van der Waals surface area contributed by atoms with Crippen LogP contribution in [0.2, 0.25) is 0 Å². The maximum Gasteiger partial charge on any atom is 0.276 e. The number of nitrogens with zero attached hydrogens (tertiary/aromatic N) is 4. The smallest absolute Gasteiger partial charge is 0.276 e. The lowest BCUT2D eigenvalue weighted by Crippen LogP contribution is -2.71. The molecule has 2 aromatic rings. The van der Waals surface area contributed by atoms with Crippen molar-refractivity contribution in [3.63, 3.8) is 0 Å². The highest BCUT2D eigenvalue weighted by molar-refractivity contribution is 8.00. The Morgan fingerprint density at radius 1 is 1.31 bits per heavy atom. The normalized spacial score (nSPS) is 22.2. The van der Waals surface area contributed by atoms with Gasteiger partial charge in [0.25, 0.3) is 11.8 Å². The number of aromatic nitrogens is 2. The summed E-state index contributed by atoms with van der Waals surface area (Å²) in [6, 6.07) is 4.60. The van der Waals surface area contributed by atoms with Crippen LogP contribution in [-0.4, -0.2) is 68.2 Å². The molecule has 2 fully saturated rings. The number of oxime groups is 1. The monoisotopic (exact) mass is 532 g/mol. The Hall–Kier alpha value is -3.10. The molecule has 0 bridgehead atoms. The minimum atomic E-state index is -1.42. The minimum Gasteiger partial charge on any atom is -0.543 e. The Balaban J connectivity index is 1.33. The molecule has 0 aromatic carbocycles. The second-order valence-electron chi connectivity index (χ2n) is 7.92. The van der Waals surface area contributed by atoms with Crippen molar-refractivity contribution in [2.24, 2.45) is 5.16 Å². The topological polar surface area (TPSA) is 154 Å². The molecule has 182 valence electrons. The number of amides is 2. The van der Waals surface area contributed by atoms with Crippen molar-refractivity contribution in [2.75, 3.05) is 23.0 Å². The number of carbonyl (C=O) groups excluding carboxylic acids is 3. The van der Waals surface area contributed by atoms with E-state index in [9.17, 15) is 19.5 Å². The number of nitrogens with two attached hydrogens (primary N) is 1. The van der Waals surface area contributed by atoms with E-state index >= 15 is 0 Å². The lowest BCUT2D eigenvalue weighted by Gasteiger charge is -2.50. The number of β-lactam (4-membered cyclic amide) rings is 1. The number of thioether (sulfide) groups is 2. The number of pyridine rings is 1. The van der Waals surface area contributed by atoms with E-state index in [4.69, 9.17) is 10.6 Å². The number of aliphatic carboxylic acids is 1. The number of hydrogen-bond acceptors (Lipinski definition) is 11. The van der Waals surface area contributed by atoms with Crippen LogP contribution < -0.4 is 20.7 Å². The van der Waals surface area contributed by atoms with E-state index in [1.54, 1.807) is 17.1 Å². The molecule has 5 heterocycles. The first-order chi connectivity index (χ1) is 16.9. The van der Waals surface area contributed by atoms with E-state index in [-0.39, 0.29) is 28.3 Å². The molecule has 2 atom stereocenters. The summed E-state index contributed by atoms with van der Waals surface area (Å²) in [6.07, 6.45) is 3.53. The third-order valence-corrected chi connectivity index (χ3v) is 8.79. The van der Waals surface area contributed by atoms with Crippen molar-refractivity contribution in [2.45, 2.75) is 24.1 Å². The molecule has 1 unspecified atom stereocenters. The van der Waals surface area contributed by atoms with Crippen LogP contribution in [0.15, 0.2) is 52.4 Å². The van der Waals surface area contributed by atoms with Gasteiger partial charge < -0.3 is 25.8 Å². The number of fused-ring (bicyclic) bond motifs is 1. The molecule has 5 rings (SSSR count). The van der Waals surface area contributed by atoms with Gasteiger partial charge in [-0.15, -0.1) is 23.1 Å². The zero-order valence-corrected chi connectivity index (χ0v) is 20.6. The number of rotatable bonds is 8. The van der Waals surface area contributed by atoms with Crippen molar-refractivity contribution in [3.05, 3.63) is 52.9 Å². The molecule has 0 spiro atoms. The first kappa shape index (κ1) is 23.6. The fraction of sp³-hybridized carbons (Fsp3) is 0.333. The van der Waals surface area contributed by atoms with E-state index in [1.807, 2.05) is 35.2 Å². The Labute approximate surface area is 212 Å². The number of carboxylic acids is 1. The zero-order chi connectivity index (χ0) is 24.5. The van der Waals surface area contributed by atoms with Gasteiger partial charge in [0, 0.05) is 40.3 Å². The van der Waals surface area contributed by atoms with Crippen LogP contribution in [0.5, 0.6) is 0 Å². The second kappa shape index (κ2) is 9.87. The lowest BCUT2D eigenvalue weighted by atomic mass is 10.0. The van der Waals surface area contributed by atoms with Gasteiger partial charge in [-0.3, -0.25) is 14.5 Å². The molecule has 11 nitrogen and oxygen atoms in total. The van der Waals surface area contributed by atoms with Gasteiger partial charge in [0.2, 0.25) is 0 Å². The highest BCUT2D eigenvalue weighted by atomic mass is 32.2. The Kier molecular flexibility index (Phi) is 6.67. The number of carbonyl (C=O) groups is 3. The highest BCUT2D eigenvalue weighted by Gasteiger charge is 2.53. The Morgan fingerprint density at radius 3 is 2.71 bits per heavy atom. The summed E-state index contributed by atoms with van der Waals surface area (Å²) in [5, 5.41) is 19.9. The SMILES string of the molecule is Nc1nc(/C(=N\OC2CSC2)C(=O)NC2C(=O)N3C(C(=O)[O-])=C(C[n+]4ccccc4)CS[C@H]23)cs1. The lowest BCUT2D eigenvalue weighted by molar-refractivity contribution is -0.689. The molecule has 0 aliphatic carbocycles. The maximum atomic E-state index is 13.1. The summed E-state index contributed by atoms with van der Waals surface area (Å²) in [6.45, 7) is 0.309. The number of carboxylic acid groups (broad SMARTS) is 1. The summed E-state index contributed by atoms with van der Waals surface area (Å²) in [5.41, 5.74) is 6.29. The highest BCUT2D eigenvalue weighted by Crippen LogP contribution is 2.40. The van der Waals surface area contributed by atoms with Crippen molar-refractivity contribution in [1.82, 2.24) is 15.2 Å². The van der Waals surface area contributed by atoms with Crippen molar-refractivity contribution in [3.8, 4) is 0 Å². The molecular formula is C21H20N6O5S3. The van der Waals surface area contributed by atoms with Gasteiger partial charge in [-0.2, -0.15) is 11.8 Å². The Morgan fingerprint density at radius 2 is 2.09 bits per heavy atom. The average Bonchev–Trinajstić information content (AvgIpc) is 3.24. The molecule has 3 N–H and O–H groups in total. The first-order valence-electron chi connectivity index (χ1n) is 10.6. The van der Waals surface area contributed by atoms with Crippen LogP contribution in [0.1, 0.15) is 5.69 Å². The minimum absolute atomic E-state index is 0.0845. The molecule has 0 saturated carbocycles. The number of hydrogen-bond donors (Lipinski definition) is 2. The standard InChI is InChI=1S/C21H20N6O5S3/c22-21-23-13(10-35-21)14(25-32-12-8-33-9-12)17(28)24-15-18(29)27-16(20(30)31)11(7-34-19(15)27)6-26-4-2-1-3-5-26/h1-5,10,12,15,19H,6-9H2,(H3-,22,23,24,28,30,31)/b25-14+/t15?,19-/m1/s1. The molecule has 2 amide bonds. The third-order valence-electron chi connectivity index (χ3n) is 5.56. The number of nitrogen functional groups attached to an aromatic ring is 1. The van der Waals surface area contributed by atoms with Crippen molar-refractivity contribution in [1.29, 1.82) is 0 Å². The van der Waals surface area contributed by atoms with Gasteiger partial charge in [-0.1, -0.05) is 11.2 Å². The van der Waals surface area contributed by atoms with Gasteiger partial charge in [-0.05, 0) is 0 Å². The average molecular weight is 533 g/mol. The first-order valence-corrected chi connectivity index (χ1v) is 13.7. The summed E-state index contributed by atoms with van der Waals surface area (Å²) >= 11 is 4.24. The van der Waals surface area contributed by atoms with E-state index in [0.29, 0.717) is 17.9 Å². The van der Waals surface area contributed by atoms with E-state index in [1.165, 1.54) is 16.7 Å². The summed E-state index contributed by atoms with van der Waals surface area (Å²) in [4.78, 5) is 48.8. The molecule has 2 aromatic heterocycles. The predicted octanol–water partition coefficient (Wildman–Crippen LogP) is -1.05. The van der Waals surface area contributed by atoms with Gasteiger partial charge in [-0.25, -0.2) is 9.55 Å². The third kappa shape index (κ3) is 4.73. The molecule has 3 aliphatic rings. The van der Waals surface area contributed by atoms with Gasteiger partial charge in [0.05, 0.1) is 11.7 Å². The van der Waals surface area contributed by atoms with Gasteiger partial charge in [0.1, 0.15) is 23.2 Å². The van der Waals surface area contributed by atoms with Crippen LogP contribution in [0.4, 0.5) is 5.13 Å². The molecular weight excluding hydrogens is 512 g/mol. The van der Waals surface area contributed by atoms with Crippen molar-refractivity contribution >= 4 is 63.5 Å². The second-order valence-corrected chi connectivity index (χ2v) is 11.0. The van der Waals surface area contributed by atoms with Crippen molar-refractivity contribution < 1.29 is 28.9 Å². The van der Waals surface area contributed by atoms with E-state index < -0.39 is 29.2 Å². The van der Waals surface area contributed by atoms with E-state index in [2.05, 4.69) is 15.5 Å². The zero-order valence-electron chi connectivity index (χ0n) is 18.2. The van der Waals surface area contributed by atoms with E-state index in [0.717, 1.165) is 22.8 Å². The largest absolute Gasteiger partial charge is 0.543 e. The van der Waals surface area contributed by atoms with Gasteiger partial charge in [0.15, 0.2) is 29.8 Å². The van der Waals surface area contributed by atoms with Gasteiger partial charge >= 0.3 is 0 Å². The fourth-order valence-electron chi connectivity index (χ4n) is 3.77. The molecule has 35 heavy (non-hydrogen) atoms. The summed E-state index contributed by atoms with van der Waals surface area (Å²) in [7, 11) is 0. The molecule has 2 saturated heterocycles. The number of thiazole rings is 1.